The maximum Gasteiger partial charge on any atom is 0.0724 e. The zero-order valence-corrected chi connectivity index (χ0v) is 14.4. The second kappa shape index (κ2) is 8.04. The number of rotatable bonds is 6. The SMILES string of the molecule is CCCCc1cccc(P(c2ccccc2)c2ccccc2)n1. The van der Waals surface area contributed by atoms with Crippen molar-refractivity contribution in [3.8, 4) is 0 Å². The van der Waals surface area contributed by atoms with Gasteiger partial charge in [-0.3, -0.25) is 4.98 Å². The maximum absolute atomic E-state index is 4.99. The molecule has 0 saturated carbocycles. The first kappa shape index (κ1) is 15.9. The zero-order valence-electron chi connectivity index (χ0n) is 13.5. The molecule has 0 amide bonds. The van der Waals surface area contributed by atoms with Crippen molar-refractivity contribution in [1.29, 1.82) is 0 Å². The van der Waals surface area contributed by atoms with Crippen molar-refractivity contribution in [3.63, 3.8) is 0 Å². The number of aryl methyl sites for hydroxylation is 1. The Bertz CT molecular complexity index is 686. The molecule has 1 aromatic heterocycles. The summed E-state index contributed by atoms with van der Waals surface area (Å²) >= 11 is 0. The van der Waals surface area contributed by atoms with Crippen LogP contribution in [0.25, 0.3) is 0 Å². The Balaban J connectivity index is 2.02. The molecule has 0 aliphatic heterocycles. The highest BCUT2D eigenvalue weighted by atomic mass is 31.1. The molecule has 0 fully saturated rings. The Labute approximate surface area is 140 Å². The van der Waals surface area contributed by atoms with Gasteiger partial charge in [0, 0.05) is 13.6 Å². The lowest BCUT2D eigenvalue weighted by atomic mass is 10.2. The molecular formula is C21H22NP. The summed E-state index contributed by atoms with van der Waals surface area (Å²) in [6.07, 6.45) is 3.47. The Morgan fingerprint density at radius 3 is 1.91 bits per heavy atom. The molecule has 3 rings (SSSR count). The van der Waals surface area contributed by atoms with Crippen LogP contribution in [0.4, 0.5) is 0 Å². The smallest absolute Gasteiger partial charge is 0.0724 e. The van der Waals surface area contributed by atoms with E-state index >= 15 is 0 Å². The predicted octanol–water partition coefficient (Wildman–Crippen LogP) is 4.18. The molecule has 1 heterocycles. The van der Waals surface area contributed by atoms with Gasteiger partial charge in [0.2, 0.25) is 0 Å². The molecule has 0 aliphatic carbocycles. The number of hydrogen-bond acceptors (Lipinski definition) is 1. The van der Waals surface area contributed by atoms with Gasteiger partial charge >= 0.3 is 0 Å². The minimum Gasteiger partial charge on any atom is -0.252 e. The van der Waals surface area contributed by atoms with Crippen molar-refractivity contribution in [2.45, 2.75) is 26.2 Å². The van der Waals surface area contributed by atoms with Crippen molar-refractivity contribution in [1.82, 2.24) is 4.98 Å². The molecule has 0 radical (unpaired) electrons. The van der Waals surface area contributed by atoms with Crippen LogP contribution < -0.4 is 16.0 Å². The predicted molar refractivity (Wildman–Crippen MR) is 102 cm³/mol. The molecule has 0 atom stereocenters. The van der Waals surface area contributed by atoms with Crippen LogP contribution in [0.5, 0.6) is 0 Å². The van der Waals surface area contributed by atoms with Crippen molar-refractivity contribution in [2.75, 3.05) is 0 Å². The van der Waals surface area contributed by atoms with Gasteiger partial charge in [0.15, 0.2) is 0 Å². The first-order valence-corrected chi connectivity index (χ1v) is 9.59. The fourth-order valence-electron chi connectivity index (χ4n) is 2.66. The molecule has 0 spiro atoms. The average Bonchev–Trinajstić information content (AvgIpc) is 2.62. The summed E-state index contributed by atoms with van der Waals surface area (Å²) in [4.78, 5) is 4.99. The van der Waals surface area contributed by atoms with E-state index in [0.717, 1.165) is 6.42 Å². The van der Waals surface area contributed by atoms with Crippen LogP contribution >= 0.6 is 7.92 Å². The van der Waals surface area contributed by atoms with E-state index < -0.39 is 7.92 Å². The molecule has 1 nitrogen and oxygen atoms in total. The summed E-state index contributed by atoms with van der Waals surface area (Å²) in [5.74, 6) is 0. The standard InChI is InChI=1S/C21H22NP/c1-2-3-11-18-12-10-17-21(22-18)23(19-13-6-4-7-14-19)20-15-8-5-9-16-20/h4-10,12-17H,2-3,11H2,1H3. The van der Waals surface area contributed by atoms with Crippen molar-refractivity contribution in [2.24, 2.45) is 0 Å². The molecule has 23 heavy (non-hydrogen) atoms. The maximum atomic E-state index is 4.99. The fourth-order valence-corrected chi connectivity index (χ4v) is 4.89. The van der Waals surface area contributed by atoms with E-state index in [4.69, 9.17) is 4.98 Å². The second-order valence-electron chi connectivity index (χ2n) is 5.60. The van der Waals surface area contributed by atoms with E-state index in [1.54, 1.807) is 0 Å². The van der Waals surface area contributed by atoms with Gasteiger partial charge in [-0.05, 0) is 35.6 Å². The molecule has 3 aromatic rings. The lowest BCUT2D eigenvalue weighted by Gasteiger charge is -2.18. The highest BCUT2D eigenvalue weighted by Crippen LogP contribution is 2.31. The van der Waals surface area contributed by atoms with Crippen LogP contribution in [0.3, 0.4) is 0 Å². The van der Waals surface area contributed by atoms with Crippen molar-refractivity contribution < 1.29 is 0 Å². The first-order valence-electron chi connectivity index (χ1n) is 8.24. The highest BCUT2D eigenvalue weighted by Gasteiger charge is 2.17. The van der Waals surface area contributed by atoms with Crippen LogP contribution in [0, 0.1) is 0 Å². The molecule has 0 saturated heterocycles. The monoisotopic (exact) mass is 319 g/mol. The summed E-state index contributed by atoms with van der Waals surface area (Å²) in [5.41, 5.74) is 2.41. The quantitative estimate of drug-likeness (QED) is 0.621. The van der Waals surface area contributed by atoms with E-state index in [2.05, 4.69) is 85.8 Å². The van der Waals surface area contributed by atoms with Gasteiger partial charge in [0.05, 0.1) is 5.44 Å². The third-order valence-corrected chi connectivity index (χ3v) is 6.17. The minimum absolute atomic E-state index is 0.588. The molecule has 0 unspecified atom stereocenters. The molecule has 2 heteroatoms. The van der Waals surface area contributed by atoms with Gasteiger partial charge in [0.25, 0.3) is 0 Å². The van der Waals surface area contributed by atoms with Gasteiger partial charge in [-0.1, -0.05) is 80.1 Å². The molecular weight excluding hydrogens is 297 g/mol. The van der Waals surface area contributed by atoms with E-state index in [0.29, 0.717) is 0 Å². The fraction of sp³-hybridized carbons (Fsp3) is 0.190. The molecule has 0 bridgehead atoms. The number of unbranched alkanes of at least 4 members (excludes halogenated alkanes) is 1. The van der Waals surface area contributed by atoms with E-state index in [1.807, 2.05) is 0 Å². The Morgan fingerprint density at radius 1 is 0.739 bits per heavy atom. The number of nitrogens with zero attached hydrogens (tertiary/aromatic N) is 1. The normalized spacial score (nSPS) is 10.9. The van der Waals surface area contributed by atoms with Crippen LogP contribution in [-0.4, -0.2) is 4.98 Å². The lowest BCUT2D eigenvalue weighted by Crippen LogP contribution is -2.23. The van der Waals surface area contributed by atoms with Crippen LogP contribution in [0.15, 0.2) is 78.9 Å². The van der Waals surface area contributed by atoms with Crippen LogP contribution in [-0.2, 0) is 6.42 Å². The van der Waals surface area contributed by atoms with Gasteiger partial charge in [-0.15, -0.1) is 0 Å². The summed E-state index contributed by atoms with van der Waals surface area (Å²) in [7, 11) is -0.588. The molecule has 2 aromatic carbocycles. The van der Waals surface area contributed by atoms with E-state index in [1.165, 1.54) is 34.6 Å². The topological polar surface area (TPSA) is 12.9 Å². The summed E-state index contributed by atoms with van der Waals surface area (Å²) in [6, 6.07) is 28.0. The third kappa shape index (κ3) is 4.06. The molecule has 0 aliphatic rings. The summed E-state index contributed by atoms with van der Waals surface area (Å²) < 4.78 is 0. The van der Waals surface area contributed by atoms with Gasteiger partial charge in [-0.25, -0.2) is 0 Å². The van der Waals surface area contributed by atoms with Gasteiger partial charge < -0.3 is 0 Å². The highest BCUT2D eigenvalue weighted by molar-refractivity contribution is 7.79. The van der Waals surface area contributed by atoms with Crippen LogP contribution in [0.1, 0.15) is 25.5 Å². The zero-order chi connectivity index (χ0) is 15.9. The molecule has 0 N–H and O–H groups in total. The minimum atomic E-state index is -0.588. The number of hydrogen-bond donors (Lipinski definition) is 0. The summed E-state index contributed by atoms with van der Waals surface area (Å²) in [6.45, 7) is 2.23. The molecule has 116 valence electrons. The summed E-state index contributed by atoms with van der Waals surface area (Å²) in [5, 5.41) is 2.71. The van der Waals surface area contributed by atoms with Gasteiger partial charge in [-0.2, -0.15) is 0 Å². The van der Waals surface area contributed by atoms with Crippen molar-refractivity contribution in [3.05, 3.63) is 84.6 Å². The Kier molecular flexibility index (Phi) is 5.56. The largest absolute Gasteiger partial charge is 0.252 e. The van der Waals surface area contributed by atoms with Gasteiger partial charge in [0.1, 0.15) is 0 Å². The average molecular weight is 319 g/mol. The lowest BCUT2D eigenvalue weighted by molar-refractivity contribution is 0.779. The Morgan fingerprint density at radius 2 is 1.35 bits per heavy atom. The van der Waals surface area contributed by atoms with E-state index in [-0.39, 0.29) is 0 Å². The van der Waals surface area contributed by atoms with Crippen molar-refractivity contribution >= 4 is 24.0 Å². The number of aromatic nitrogens is 1. The van der Waals surface area contributed by atoms with E-state index in [9.17, 15) is 0 Å². The Hall–Kier alpha value is -1.98. The second-order valence-corrected chi connectivity index (χ2v) is 7.76. The van der Waals surface area contributed by atoms with Crippen LogP contribution in [0.2, 0.25) is 0 Å². The first-order chi connectivity index (χ1) is 11.4. The third-order valence-electron chi connectivity index (χ3n) is 3.84. The number of pyridine rings is 1. The number of benzene rings is 2.